The average Bonchev–Trinajstić information content (AvgIpc) is 1.49. The molecule has 5 aromatic carbocycles. The van der Waals surface area contributed by atoms with E-state index in [1.807, 2.05) is 57.7 Å². The summed E-state index contributed by atoms with van der Waals surface area (Å²) < 4.78 is 3.85. The van der Waals surface area contributed by atoms with Gasteiger partial charge in [-0.25, -0.2) is 20.2 Å². The zero-order valence-corrected chi connectivity index (χ0v) is 81.9. The van der Waals surface area contributed by atoms with E-state index >= 15 is 9.59 Å². The molecule has 0 bridgehead atoms. The molecule has 128 heavy (non-hydrogen) atoms. The number of fused-ring (bicyclic) bond motifs is 12. The van der Waals surface area contributed by atoms with Crippen LogP contribution in [0.5, 0.6) is 0 Å². The third-order valence-corrected chi connectivity index (χ3v) is 37.2. The van der Waals surface area contributed by atoms with E-state index in [1.54, 1.807) is 45.3 Å². The van der Waals surface area contributed by atoms with Gasteiger partial charge in [-0.1, -0.05) is 281 Å². The molecular weight excluding hydrogens is 1710 g/mol. The highest BCUT2D eigenvalue weighted by molar-refractivity contribution is 7.29. The average molecular weight is 1830 g/mol. The Hall–Kier alpha value is -9.52. The molecule has 650 valence electrons. The van der Waals surface area contributed by atoms with Crippen LogP contribution in [0.25, 0.3) is 92.2 Å². The minimum Gasteiger partial charge on any atom is -0.289 e. The number of hydrogen-bond acceptors (Lipinski definition) is 12. The predicted octanol–water partition coefficient (Wildman–Crippen LogP) is 35.4. The topological polar surface area (TPSA) is 90.4 Å². The van der Waals surface area contributed by atoms with Gasteiger partial charge in [-0.05, 0) is 237 Å². The molecule has 8 heterocycles. The van der Waals surface area contributed by atoms with E-state index in [0.717, 1.165) is 154 Å². The molecule has 13 aromatic rings. The Balaban J connectivity index is 0.940. The summed E-state index contributed by atoms with van der Waals surface area (Å²) in [6.07, 6.45) is 37.7. The fraction of sp³-hybridized carbons (Fsp3) is 0.368. The van der Waals surface area contributed by atoms with Crippen molar-refractivity contribution in [3.8, 4) is 52.5 Å². The second-order valence-corrected chi connectivity index (χ2v) is 44.1. The van der Waals surface area contributed by atoms with Crippen molar-refractivity contribution in [2.45, 2.75) is 259 Å². The molecule has 14 heteroatoms. The number of aryl methyl sites for hydroxylation is 4. The summed E-state index contributed by atoms with van der Waals surface area (Å²) >= 11 is 13.5. The van der Waals surface area contributed by atoms with Crippen molar-refractivity contribution >= 4 is 144 Å². The number of nitriles is 2. The monoisotopic (exact) mass is 1830 g/mol. The first kappa shape index (κ1) is 90.4. The van der Waals surface area contributed by atoms with E-state index in [-0.39, 0.29) is 23.0 Å². The fourth-order valence-corrected chi connectivity index (χ4v) is 30.7. The van der Waals surface area contributed by atoms with Gasteiger partial charge in [0.25, 0.3) is 11.4 Å². The van der Waals surface area contributed by atoms with Gasteiger partial charge < -0.3 is 0 Å². The molecule has 2 atom stereocenters. The minimum absolute atomic E-state index is 0.0494. The Morgan fingerprint density at radius 2 is 0.719 bits per heavy atom. The number of ketones is 2. The normalized spacial score (nSPS) is 15.8. The maximum Gasteiger partial charge on any atom is 0.271 e. The molecular formula is C114H114N4O2S8. The van der Waals surface area contributed by atoms with Gasteiger partial charge in [0.15, 0.2) is 11.6 Å². The van der Waals surface area contributed by atoms with Crippen molar-refractivity contribution in [1.29, 1.82) is 10.5 Å². The number of carbonyl (C=O) groups is 2. The van der Waals surface area contributed by atoms with Crippen LogP contribution < -0.4 is 0 Å². The number of rotatable bonds is 40. The zero-order valence-electron chi connectivity index (χ0n) is 75.4. The van der Waals surface area contributed by atoms with Crippen LogP contribution in [0.2, 0.25) is 0 Å². The number of nitrogens with zero attached hydrogens (tertiary/aromatic N) is 4. The summed E-state index contributed by atoms with van der Waals surface area (Å²) in [6, 6.07) is 63.4. The molecule has 0 saturated heterocycles. The molecule has 0 fully saturated rings. The van der Waals surface area contributed by atoms with E-state index in [4.69, 9.17) is 13.1 Å². The van der Waals surface area contributed by atoms with Crippen LogP contribution in [0, 0.1) is 47.6 Å². The largest absolute Gasteiger partial charge is 0.289 e. The summed E-state index contributed by atoms with van der Waals surface area (Å²) in [7, 11) is 0. The van der Waals surface area contributed by atoms with Crippen molar-refractivity contribution in [3.05, 3.63) is 310 Å². The summed E-state index contributed by atoms with van der Waals surface area (Å²) in [5.41, 5.74) is 21.8. The van der Waals surface area contributed by atoms with Crippen molar-refractivity contribution in [2.75, 3.05) is 0 Å². The van der Waals surface area contributed by atoms with E-state index in [2.05, 4.69) is 211 Å². The van der Waals surface area contributed by atoms with Gasteiger partial charge in [0, 0.05) is 80.5 Å². The molecule has 0 N–H and O–H groups in total. The first-order valence-electron chi connectivity index (χ1n) is 47.5. The van der Waals surface area contributed by atoms with Gasteiger partial charge in [-0.2, -0.15) is 0 Å². The molecule has 2 unspecified atom stereocenters. The third-order valence-electron chi connectivity index (χ3n) is 27.8. The lowest BCUT2D eigenvalue weighted by molar-refractivity contribution is 0.103. The molecule has 4 aliphatic carbocycles. The lowest BCUT2D eigenvalue weighted by Gasteiger charge is -2.36. The van der Waals surface area contributed by atoms with Gasteiger partial charge in [0.05, 0.1) is 56.6 Å². The number of thiophene rings is 8. The lowest BCUT2D eigenvalue weighted by Crippen LogP contribution is -2.30. The SMILES string of the molecule is [C-]#[N+]/C(C#N)=C1/C(=C/c2cc(CC(CC)CCCC)c(-c3cc4c(s3)-c3cc5c(cc3C4(c3ccc(CCCCCC)cc3)c3ccc(CCCCCC)cc3)-c3sc(-c4sc(/C=C6\C(=O)c7c(sc8ccsc78)\C6=C(/C#N)[N+]#[C-])cc4CC(CC)CCCC)cc3C5(c3ccc(CCCCCC)cc3)c3ccc(CCCCCC)cc3)s2)C(=O)c2c1sc1ccsc21. The molecule has 4 aliphatic rings. The number of allylic oxidation sites excluding steroid dienone is 6. The molecule has 0 radical (unpaired) electrons. The van der Waals surface area contributed by atoms with Gasteiger partial charge >= 0.3 is 0 Å². The summed E-state index contributed by atoms with van der Waals surface area (Å²) in [5.74, 6) is 0.615. The second kappa shape index (κ2) is 40.5. The summed E-state index contributed by atoms with van der Waals surface area (Å²) in [5, 5.41) is 25.6. The molecule has 0 spiro atoms. The first-order valence-corrected chi connectivity index (χ1v) is 54.1. The van der Waals surface area contributed by atoms with E-state index < -0.39 is 10.8 Å². The van der Waals surface area contributed by atoms with Gasteiger partial charge in [-0.15, -0.1) is 90.7 Å². The highest BCUT2D eigenvalue weighted by Crippen LogP contribution is 2.67. The van der Waals surface area contributed by atoms with Crippen LogP contribution in [0.15, 0.2) is 179 Å². The first-order chi connectivity index (χ1) is 62.7. The van der Waals surface area contributed by atoms with Gasteiger partial charge in [0.2, 0.25) is 0 Å². The predicted molar refractivity (Wildman–Crippen MR) is 551 cm³/mol. The molecule has 0 aliphatic heterocycles. The van der Waals surface area contributed by atoms with Crippen LogP contribution in [0.1, 0.15) is 328 Å². The Labute approximate surface area is 790 Å². The molecule has 8 aromatic heterocycles. The maximum absolute atomic E-state index is 15.3. The summed E-state index contributed by atoms with van der Waals surface area (Å²) in [4.78, 5) is 48.9. The maximum atomic E-state index is 15.3. The molecule has 0 saturated carbocycles. The van der Waals surface area contributed by atoms with E-state index in [9.17, 15) is 10.5 Å². The smallest absolute Gasteiger partial charge is 0.271 e. The standard InChI is InChI=1S/C114H114N4O2S8/c1-11-19-25-29-35-73-39-47-79(48-40-73)113(80-49-41-74(42-50-80)36-30-26-20-12-2)89-65-86-90(66-85(89)107-91(113)67-97(127-107)105-77(59-71(17-7)33-23-15-5)61-83(123-105)63-87-99(93(69-115)117-9)111-101(103(87)119)109-95(125-111)55-57-121-109)114(81-51-43-75(44-52-81)37-31-27-21-13-3,82-53-45-76(46-54-82)38-32-28-22-14-4)92-68-98(128-108(86)92)106-78(60-72(18-8)34-24-16-6)62-84(124-106)64-88-100(94(70-116)118-10)112-102(104(88)120)110-96(126-112)56-58-122-110/h39-58,61-68,71-72H,11-38,59-60H2,1-8H3/b87-63-,88-64-,99-93-,100-94+. The van der Waals surface area contributed by atoms with Crippen LogP contribution in [-0.2, 0) is 49.4 Å². The van der Waals surface area contributed by atoms with Crippen molar-refractivity contribution in [3.63, 3.8) is 0 Å². The lowest BCUT2D eigenvalue weighted by atomic mass is 9.65. The third kappa shape index (κ3) is 17.0. The highest BCUT2D eigenvalue weighted by Gasteiger charge is 2.54. The molecule has 0 amide bonds. The highest BCUT2D eigenvalue weighted by atomic mass is 32.1. The van der Waals surface area contributed by atoms with Crippen molar-refractivity contribution < 1.29 is 9.59 Å². The number of Topliss-reactive ketones (excluding diaryl/α,β-unsaturated/α-hetero) is 2. The van der Waals surface area contributed by atoms with Crippen LogP contribution >= 0.6 is 90.7 Å². The van der Waals surface area contributed by atoms with Crippen LogP contribution in [0.3, 0.4) is 0 Å². The fourth-order valence-electron chi connectivity index (χ4n) is 20.9. The Bertz CT molecular complexity index is 6060. The van der Waals surface area contributed by atoms with Gasteiger partial charge in [-0.3, -0.25) is 9.59 Å². The molecule has 6 nitrogen and oxygen atoms in total. The van der Waals surface area contributed by atoms with Crippen molar-refractivity contribution in [1.82, 2.24) is 0 Å². The number of hydrogen-bond donors (Lipinski definition) is 0. The second-order valence-electron chi connectivity index (χ2n) is 35.9. The number of carbonyl (C=O) groups excluding carboxylic acids is 2. The Kier molecular flexibility index (Phi) is 28.6. The van der Waals surface area contributed by atoms with Gasteiger partial charge in [0.1, 0.15) is 0 Å². The zero-order chi connectivity index (χ0) is 88.7. The summed E-state index contributed by atoms with van der Waals surface area (Å²) in [6.45, 7) is 35.2. The quantitative estimate of drug-likeness (QED) is 0.0166. The minimum atomic E-state index is -0.817. The van der Waals surface area contributed by atoms with Crippen LogP contribution in [0.4, 0.5) is 0 Å². The van der Waals surface area contributed by atoms with E-state index in [0.29, 0.717) is 45.3 Å². The Morgan fingerprint density at radius 3 is 1.02 bits per heavy atom. The number of unbranched alkanes of at least 4 members (excludes halogenated alkanes) is 14. The Morgan fingerprint density at radius 1 is 0.383 bits per heavy atom. The van der Waals surface area contributed by atoms with Crippen LogP contribution in [-0.4, -0.2) is 11.6 Å². The molecule has 17 rings (SSSR count). The number of benzene rings is 5. The van der Waals surface area contributed by atoms with E-state index in [1.165, 1.54) is 218 Å². The van der Waals surface area contributed by atoms with Crippen molar-refractivity contribution in [2.24, 2.45) is 11.8 Å².